The lowest BCUT2D eigenvalue weighted by Gasteiger charge is -2.30. The molecule has 9 heteroatoms. The van der Waals surface area contributed by atoms with Crippen LogP contribution in [0.25, 0.3) is 11.1 Å². The summed E-state index contributed by atoms with van der Waals surface area (Å²) in [6.07, 6.45) is -0.771. The second-order valence-corrected chi connectivity index (χ2v) is 13.9. The number of ether oxygens (including phenoxy) is 2. The Morgan fingerprint density at radius 3 is 2.08 bits per heavy atom. The first kappa shape index (κ1) is 34.6. The molecule has 0 saturated heterocycles. The SMILES string of the molecule is CC(C)CC(=Nc1ccc(COC(=O)[C@@H](NC(=O)OCC2c3ccccc3-c3ccccc32)[C@@H](C)O)cc1)C1=C(O)CC(C)(C)CC1=O. The number of carbonyl (C=O) groups excluding carboxylic acids is 3. The third-order valence-electron chi connectivity index (χ3n) is 8.68. The highest BCUT2D eigenvalue weighted by Gasteiger charge is 2.35. The number of aliphatic hydroxyl groups is 2. The maximum atomic E-state index is 13.0. The van der Waals surface area contributed by atoms with Crippen molar-refractivity contribution >= 4 is 29.2 Å². The van der Waals surface area contributed by atoms with Crippen LogP contribution in [0, 0.1) is 11.3 Å². The van der Waals surface area contributed by atoms with Gasteiger partial charge in [0.1, 0.15) is 19.0 Å². The molecule has 2 aliphatic carbocycles. The molecule has 5 rings (SSSR count). The van der Waals surface area contributed by atoms with Crippen LogP contribution in [0.3, 0.4) is 0 Å². The van der Waals surface area contributed by atoms with E-state index in [1.54, 1.807) is 24.3 Å². The Hall–Kier alpha value is -4.76. The number of ketones is 1. The number of carbonyl (C=O) groups is 3. The molecule has 0 aromatic heterocycles. The summed E-state index contributed by atoms with van der Waals surface area (Å²) >= 11 is 0. The summed E-state index contributed by atoms with van der Waals surface area (Å²) in [4.78, 5) is 43.5. The third-order valence-corrected chi connectivity index (χ3v) is 8.68. The number of esters is 1. The van der Waals surface area contributed by atoms with Gasteiger partial charge in [-0.15, -0.1) is 0 Å². The van der Waals surface area contributed by atoms with E-state index in [1.807, 2.05) is 76.2 Å². The average Bonchev–Trinajstić information content (AvgIpc) is 3.34. The van der Waals surface area contributed by atoms with E-state index in [2.05, 4.69) is 5.32 Å². The fraction of sp³-hybridized carbons (Fsp3) is 0.385. The van der Waals surface area contributed by atoms with Gasteiger partial charge in [0.05, 0.1) is 23.1 Å². The number of nitrogens with one attached hydrogen (secondary N) is 1. The number of aliphatic imine (C=N–C) groups is 1. The smallest absolute Gasteiger partial charge is 0.407 e. The van der Waals surface area contributed by atoms with Gasteiger partial charge in [0.15, 0.2) is 11.8 Å². The molecular weight excluding hydrogens is 608 g/mol. The van der Waals surface area contributed by atoms with Crippen molar-refractivity contribution in [3.05, 3.63) is 101 Å². The maximum Gasteiger partial charge on any atom is 0.407 e. The summed E-state index contributed by atoms with van der Waals surface area (Å²) < 4.78 is 11.0. The molecule has 0 saturated carbocycles. The molecule has 0 bridgehead atoms. The Morgan fingerprint density at radius 1 is 0.917 bits per heavy atom. The van der Waals surface area contributed by atoms with Gasteiger partial charge >= 0.3 is 12.1 Å². The second-order valence-electron chi connectivity index (χ2n) is 13.9. The quantitative estimate of drug-likeness (QED) is 0.146. The van der Waals surface area contributed by atoms with E-state index >= 15 is 0 Å². The summed E-state index contributed by atoms with van der Waals surface area (Å²) in [5.74, 6) is -0.758. The Labute approximate surface area is 281 Å². The van der Waals surface area contributed by atoms with E-state index in [0.717, 1.165) is 22.3 Å². The second kappa shape index (κ2) is 14.6. The van der Waals surface area contributed by atoms with Gasteiger partial charge in [0.2, 0.25) is 0 Å². The van der Waals surface area contributed by atoms with Crippen LogP contribution < -0.4 is 5.32 Å². The molecule has 0 radical (unpaired) electrons. The fourth-order valence-electron chi connectivity index (χ4n) is 6.42. The number of aliphatic hydroxyl groups excluding tert-OH is 2. The molecule has 0 fully saturated rings. The van der Waals surface area contributed by atoms with E-state index < -0.39 is 24.2 Å². The van der Waals surface area contributed by atoms with Crippen molar-refractivity contribution < 1.29 is 34.1 Å². The zero-order valence-corrected chi connectivity index (χ0v) is 28.2. The number of nitrogens with zero attached hydrogens (tertiary/aromatic N) is 1. The normalized spacial score (nSPS) is 17.1. The highest BCUT2D eigenvalue weighted by molar-refractivity contribution is 6.23. The van der Waals surface area contributed by atoms with Gasteiger partial charge in [-0.2, -0.15) is 0 Å². The Morgan fingerprint density at radius 2 is 1.52 bits per heavy atom. The molecular formula is C39H44N2O7. The predicted octanol–water partition coefficient (Wildman–Crippen LogP) is 7.34. The van der Waals surface area contributed by atoms with Crippen LogP contribution in [0.2, 0.25) is 0 Å². The van der Waals surface area contributed by atoms with E-state index in [9.17, 15) is 24.6 Å². The monoisotopic (exact) mass is 652 g/mol. The minimum Gasteiger partial charge on any atom is -0.511 e. The molecule has 3 aromatic carbocycles. The molecule has 3 N–H and O–H groups in total. The van der Waals surface area contributed by atoms with E-state index in [-0.39, 0.29) is 42.0 Å². The van der Waals surface area contributed by atoms with Crippen LogP contribution in [0.15, 0.2) is 89.1 Å². The minimum absolute atomic E-state index is 0.0677. The van der Waals surface area contributed by atoms with Crippen LogP contribution in [-0.4, -0.2) is 52.5 Å². The summed E-state index contributed by atoms with van der Waals surface area (Å²) in [5, 5.41) is 23.5. The van der Waals surface area contributed by atoms with Crippen molar-refractivity contribution in [1.29, 1.82) is 0 Å². The highest BCUT2D eigenvalue weighted by Crippen LogP contribution is 2.44. The summed E-state index contributed by atoms with van der Waals surface area (Å²) in [6.45, 7) is 9.35. The van der Waals surface area contributed by atoms with Gasteiger partial charge in [-0.1, -0.05) is 88.4 Å². The number of benzene rings is 3. The standard InChI is InChI=1S/C39H44N2O7/c1-23(2)18-32(35-33(43)19-39(4,5)20-34(35)44)40-26-16-14-25(15-17-26)21-47-37(45)36(24(3)42)41-38(46)48-22-31-29-12-8-6-10-27(29)28-11-7-9-13-30(28)31/h6-17,23-24,31,36,42-43H,18-22H2,1-5H3,(H,41,46)/t24-,36+/m1/s1. The Bertz CT molecular complexity index is 1690. The summed E-state index contributed by atoms with van der Waals surface area (Å²) in [7, 11) is 0. The molecule has 1 amide bonds. The molecule has 2 atom stereocenters. The van der Waals surface area contributed by atoms with Crippen molar-refractivity contribution in [3.63, 3.8) is 0 Å². The lowest BCUT2D eigenvalue weighted by molar-refractivity contribution is -0.150. The van der Waals surface area contributed by atoms with Crippen molar-refractivity contribution in [2.24, 2.45) is 16.3 Å². The van der Waals surface area contributed by atoms with Crippen LogP contribution in [0.5, 0.6) is 0 Å². The van der Waals surface area contributed by atoms with Crippen LogP contribution >= 0.6 is 0 Å². The summed E-state index contributed by atoms with van der Waals surface area (Å²) in [6, 6.07) is 21.6. The molecule has 9 nitrogen and oxygen atoms in total. The topological polar surface area (TPSA) is 135 Å². The molecule has 3 aromatic rings. The number of allylic oxidation sites excluding steroid dienone is 2. The zero-order valence-electron chi connectivity index (χ0n) is 28.2. The molecule has 0 aliphatic heterocycles. The molecule has 0 heterocycles. The van der Waals surface area contributed by atoms with Crippen LogP contribution in [-0.2, 0) is 25.7 Å². The third kappa shape index (κ3) is 8.02. The number of hydrogen-bond acceptors (Lipinski definition) is 8. The van der Waals surface area contributed by atoms with E-state index in [1.165, 1.54) is 6.92 Å². The molecule has 48 heavy (non-hydrogen) atoms. The fourth-order valence-corrected chi connectivity index (χ4v) is 6.42. The molecule has 2 aliphatic rings. The van der Waals surface area contributed by atoms with Crippen LogP contribution in [0.4, 0.5) is 10.5 Å². The van der Waals surface area contributed by atoms with Gasteiger partial charge in [0.25, 0.3) is 0 Å². The summed E-state index contributed by atoms with van der Waals surface area (Å²) in [5.41, 5.74) is 6.15. The molecule has 252 valence electrons. The highest BCUT2D eigenvalue weighted by atomic mass is 16.6. The first-order valence-corrected chi connectivity index (χ1v) is 16.4. The van der Waals surface area contributed by atoms with Crippen molar-refractivity contribution in [3.8, 4) is 11.1 Å². The van der Waals surface area contributed by atoms with Crippen molar-refractivity contribution in [2.75, 3.05) is 6.61 Å². The van der Waals surface area contributed by atoms with Gasteiger partial charge in [-0.25, -0.2) is 9.59 Å². The first-order chi connectivity index (χ1) is 22.8. The number of fused-ring (bicyclic) bond motifs is 3. The minimum atomic E-state index is -1.33. The van der Waals surface area contributed by atoms with E-state index in [4.69, 9.17) is 14.5 Å². The lowest BCUT2D eigenvalue weighted by atomic mass is 9.75. The molecule has 0 spiro atoms. The number of rotatable bonds is 11. The van der Waals surface area contributed by atoms with Gasteiger partial charge < -0.3 is 25.0 Å². The first-order valence-electron chi connectivity index (χ1n) is 16.4. The maximum absolute atomic E-state index is 13.0. The Balaban J connectivity index is 1.19. The van der Waals surface area contributed by atoms with Gasteiger partial charge in [0, 0.05) is 18.8 Å². The average molecular weight is 653 g/mol. The largest absolute Gasteiger partial charge is 0.511 e. The Kier molecular flexibility index (Phi) is 10.5. The van der Waals surface area contributed by atoms with Gasteiger partial charge in [-0.05, 0) is 64.6 Å². The number of Topliss-reactive ketones (excluding diaryl/α,β-unsaturated/α-hetero) is 1. The van der Waals surface area contributed by atoms with Crippen LogP contribution in [0.1, 0.15) is 76.5 Å². The number of hydrogen-bond donors (Lipinski definition) is 3. The lowest BCUT2D eigenvalue weighted by Crippen LogP contribution is -2.48. The number of amides is 1. The zero-order chi connectivity index (χ0) is 34.6. The predicted molar refractivity (Wildman–Crippen MR) is 184 cm³/mol. The number of alkyl carbamates (subject to hydrolysis) is 1. The van der Waals surface area contributed by atoms with Gasteiger partial charge in [-0.3, -0.25) is 9.79 Å². The van der Waals surface area contributed by atoms with Crippen molar-refractivity contribution in [2.45, 2.75) is 78.6 Å². The van der Waals surface area contributed by atoms with E-state index in [0.29, 0.717) is 41.8 Å². The van der Waals surface area contributed by atoms with Crippen molar-refractivity contribution in [1.82, 2.24) is 5.32 Å². The molecule has 0 unspecified atom stereocenters.